The van der Waals surface area contributed by atoms with E-state index in [2.05, 4.69) is 4.98 Å². The number of aromatic nitrogens is 2. The third-order valence-corrected chi connectivity index (χ3v) is 2.17. The number of aromatic carboxylic acids is 1. The average molecular weight is 190 g/mol. The maximum Gasteiger partial charge on any atom is 0.352 e. The summed E-state index contributed by atoms with van der Waals surface area (Å²) in [7, 11) is 0. The van der Waals surface area contributed by atoms with Crippen molar-refractivity contribution >= 4 is 11.5 Å². The van der Waals surface area contributed by atoms with Gasteiger partial charge in [0.1, 0.15) is 5.69 Å². The standard InChI is InChI=1S/C10H10N2O2/c1-6-5-12-8(7(2)11-6)3-4-9(12)10(13)14/h3-5H,1-2H3,(H,13,14). The Labute approximate surface area is 80.8 Å². The molecule has 2 heterocycles. The van der Waals surface area contributed by atoms with E-state index >= 15 is 0 Å². The summed E-state index contributed by atoms with van der Waals surface area (Å²) in [4.78, 5) is 15.1. The molecule has 0 aromatic carbocycles. The number of carboxylic acid groups (broad SMARTS) is 1. The van der Waals surface area contributed by atoms with Crippen LogP contribution >= 0.6 is 0 Å². The molecular weight excluding hydrogens is 180 g/mol. The van der Waals surface area contributed by atoms with Crippen molar-refractivity contribution in [1.82, 2.24) is 9.38 Å². The monoisotopic (exact) mass is 190 g/mol. The van der Waals surface area contributed by atoms with Crippen molar-refractivity contribution in [2.24, 2.45) is 0 Å². The van der Waals surface area contributed by atoms with Gasteiger partial charge < -0.3 is 9.51 Å². The molecule has 0 fully saturated rings. The van der Waals surface area contributed by atoms with Gasteiger partial charge in [-0.2, -0.15) is 0 Å². The van der Waals surface area contributed by atoms with E-state index in [1.165, 1.54) is 0 Å². The molecule has 0 atom stereocenters. The van der Waals surface area contributed by atoms with Crippen molar-refractivity contribution in [3.63, 3.8) is 0 Å². The minimum absolute atomic E-state index is 0.272. The predicted molar refractivity (Wildman–Crippen MR) is 51.6 cm³/mol. The molecule has 2 rings (SSSR count). The molecule has 0 saturated heterocycles. The van der Waals surface area contributed by atoms with Crippen LogP contribution in [-0.4, -0.2) is 20.5 Å². The molecule has 0 aliphatic heterocycles. The molecule has 4 nitrogen and oxygen atoms in total. The number of hydrogen-bond donors (Lipinski definition) is 1. The normalized spacial score (nSPS) is 10.7. The maximum atomic E-state index is 10.9. The minimum Gasteiger partial charge on any atom is -0.477 e. The second-order valence-electron chi connectivity index (χ2n) is 3.25. The summed E-state index contributed by atoms with van der Waals surface area (Å²) in [5.41, 5.74) is 2.77. The van der Waals surface area contributed by atoms with E-state index in [0.29, 0.717) is 0 Å². The molecular formula is C10H10N2O2. The Balaban J connectivity index is 2.85. The number of nitrogens with zero attached hydrogens (tertiary/aromatic N) is 2. The second kappa shape index (κ2) is 2.83. The minimum atomic E-state index is -0.921. The Bertz CT molecular complexity index is 514. The summed E-state index contributed by atoms with van der Waals surface area (Å²) < 4.78 is 1.65. The van der Waals surface area contributed by atoms with Gasteiger partial charge in [0.25, 0.3) is 0 Å². The van der Waals surface area contributed by atoms with Crippen LogP contribution in [0.4, 0.5) is 0 Å². The molecule has 0 unspecified atom stereocenters. The van der Waals surface area contributed by atoms with Gasteiger partial charge >= 0.3 is 5.97 Å². The first kappa shape index (κ1) is 8.74. The number of aryl methyl sites for hydroxylation is 2. The quantitative estimate of drug-likeness (QED) is 0.743. The highest BCUT2D eigenvalue weighted by molar-refractivity contribution is 5.87. The molecule has 4 heteroatoms. The number of carbonyl (C=O) groups is 1. The molecule has 0 aliphatic carbocycles. The van der Waals surface area contributed by atoms with Crippen LogP contribution in [0.2, 0.25) is 0 Å². The topological polar surface area (TPSA) is 54.6 Å². The lowest BCUT2D eigenvalue weighted by atomic mass is 10.3. The second-order valence-corrected chi connectivity index (χ2v) is 3.25. The highest BCUT2D eigenvalue weighted by Crippen LogP contribution is 2.13. The molecule has 72 valence electrons. The lowest BCUT2D eigenvalue weighted by Gasteiger charge is -2.02. The smallest absolute Gasteiger partial charge is 0.352 e. The molecule has 14 heavy (non-hydrogen) atoms. The zero-order valence-corrected chi connectivity index (χ0v) is 7.98. The fourth-order valence-electron chi connectivity index (χ4n) is 1.59. The van der Waals surface area contributed by atoms with Gasteiger partial charge in [-0.15, -0.1) is 0 Å². The van der Waals surface area contributed by atoms with Gasteiger partial charge in [0.15, 0.2) is 0 Å². The van der Waals surface area contributed by atoms with Crippen molar-refractivity contribution in [1.29, 1.82) is 0 Å². The van der Waals surface area contributed by atoms with Crippen molar-refractivity contribution in [3.05, 3.63) is 35.4 Å². The zero-order chi connectivity index (χ0) is 10.3. The van der Waals surface area contributed by atoms with E-state index in [9.17, 15) is 4.79 Å². The Kier molecular flexibility index (Phi) is 1.77. The van der Waals surface area contributed by atoms with Crippen LogP contribution < -0.4 is 0 Å². The van der Waals surface area contributed by atoms with Gasteiger partial charge in [-0.1, -0.05) is 0 Å². The van der Waals surface area contributed by atoms with Gasteiger partial charge in [-0.3, -0.25) is 4.98 Å². The van der Waals surface area contributed by atoms with E-state index in [1.54, 1.807) is 22.7 Å². The highest BCUT2D eigenvalue weighted by atomic mass is 16.4. The van der Waals surface area contributed by atoms with E-state index in [1.807, 2.05) is 13.8 Å². The van der Waals surface area contributed by atoms with Crippen LogP contribution in [0.1, 0.15) is 21.9 Å². The SMILES string of the molecule is Cc1cn2c(C(=O)O)ccc2c(C)n1. The summed E-state index contributed by atoms with van der Waals surface area (Å²) in [5.74, 6) is -0.921. The van der Waals surface area contributed by atoms with Crippen LogP contribution in [0.3, 0.4) is 0 Å². The van der Waals surface area contributed by atoms with Crippen LogP contribution in [0.25, 0.3) is 5.52 Å². The first-order valence-corrected chi connectivity index (χ1v) is 4.28. The van der Waals surface area contributed by atoms with Gasteiger partial charge in [-0.25, -0.2) is 4.79 Å². The number of carboxylic acids is 1. The summed E-state index contributed by atoms with van der Waals surface area (Å²) in [6.45, 7) is 3.71. The summed E-state index contributed by atoms with van der Waals surface area (Å²) in [5, 5.41) is 8.91. The van der Waals surface area contributed by atoms with Crippen molar-refractivity contribution in [2.75, 3.05) is 0 Å². The third-order valence-electron chi connectivity index (χ3n) is 2.17. The van der Waals surface area contributed by atoms with Crippen molar-refractivity contribution < 1.29 is 9.90 Å². The molecule has 0 bridgehead atoms. The Hall–Kier alpha value is -1.84. The van der Waals surface area contributed by atoms with Crippen molar-refractivity contribution in [3.8, 4) is 0 Å². The molecule has 0 saturated carbocycles. The van der Waals surface area contributed by atoms with E-state index in [0.717, 1.165) is 16.9 Å². The third kappa shape index (κ3) is 1.16. The molecule has 0 radical (unpaired) electrons. The largest absolute Gasteiger partial charge is 0.477 e. The summed E-state index contributed by atoms with van der Waals surface area (Å²) in [6, 6.07) is 3.36. The van der Waals surface area contributed by atoms with Gasteiger partial charge in [0, 0.05) is 6.20 Å². The Morgan fingerprint density at radius 2 is 2.14 bits per heavy atom. The lowest BCUT2D eigenvalue weighted by Crippen LogP contribution is -2.03. The van der Waals surface area contributed by atoms with Gasteiger partial charge in [-0.05, 0) is 26.0 Å². The van der Waals surface area contributed by atoms with Crippen LogP contribution in [0.5, 0.6) is 0 Å². The van der Waals surface area contributed by atoms with Crippen LogP contribution in [-0.2, 0) is 0 Å². The molecule has 0 spiro atoms. The molecule has 2 aromatic heterocycles. The predicted octanol–water partition coefficient (Wildman–Crippen LogP) is 1.65. The highest BCUT2D eigenvalue weighted by Gasteiger charge is 2.10. The van der Waals surface area contributed by atoms with E-state index < -0.39 is 5.97 Å². The van der Waals surface area contributed by atoms with Crippen LogP contribution in [0.15, 0.2) is 18.3 Å². The molecule has 0 amide bonds. The maximum absolute atomic E-state index is 10.9. The number of rotatable bonds is 1. The molecule has 0 aliphatic rings. The van der Waals surface area contributed by atoms with Crippen LogP contribution in [0, 0.1) is 13.8 Å². The fourth-order valence-corrected chi connectivity index (χ4v) is 1.59. The first-order valence-electron chi connectivity index (χ1n) is 4.28. The summed E-state index contributed by atoms with van der Waals surface area (Å²) >= 11 is 0. The first-order chi connectivity index (χ1) is 6.59. The molecule has 2 aromatic rings. The Morgan fingerprint density at radius 1 is 1.43 bits per heavy atom. The van der Waals surface area contributed by atoms with Gasteiger partial charge in [0.2, 0.25) is 0 Å². The zero-order valence-electron chi connectivity index (χ0n) is 7.98. The fraction of sp³-hybridized carbons (Fsp3) is 0.200. The van der Waals surface area contributed by atoms with Crippen molar-refractivity contribution in [2.45, 2.75) is 13.8 Å². The van der Waals surface area contributed by atoms with E-state index in [4.69, 9.17) is 5.11 Å². The average Bonchev–Trinajstić information content (AvgIpc) is 2.47. The summed E-state index contributed by atoms with van der Waals surface area (Å²) in [6.07, 6.45) is 1.73. The number of hydrogen-bond acceptors (Lipinski definition) is 2. The molecule has 1 N–H and O–H groups in total. The Morgan fingerprint density at radius 3 is 2.79 bits per heavy atom. The van der Waals surface area contributed by atoms with E-state index in [-0.39, 0.29) is 5.69 Å². The lowest BCUT2D eigenvalue weighted by molar-refractivity contribution is 0.0689. The van der Waals surface area contributed by atoms with Gasteiger partial charge in [0.05, 0.1) is 16.9 Å². The number of fused-ring (bicyclic) bond motifs is 1.